The summed E-state index contributed by atoms with van der Waals surface area (Å²) >= 11 is 5.86. The van der Waals surface area contributed by atoms with Crippen LogP contribution in [-0.4, -0.2) is 30.9 Å². The molecule has 0 aromatic heterocycles. The third kappa shape index (κ3) is 3.98. The molecule has 0 heterocycles. The van der Waals surface area contributed by atoms with Gasteiger partial charge in [-0.25, -0.2) is 4.39 Å². The van der Waals surface area contributed by atoms with E-state index in [9.17, 15) is 9.18 Å². The molecule has 1 aromatic rings. The van der Waals surface area contributed by atoms with Gasteiger partial charge in [-0.15, -0.1) is 0 Å². The minimum absolute atomic E-state index is 0.0278. The summed E-state index contributed by atoms with van der Waals surface area (Å²) in [6.07, 6.45) is 0. The van der Waals surface area contributed by atoms with Gasteiger partial charge in [0.1, 0.15) is 5.82 Å². The highest BCUT2D eigenvalue weighted by atomic mass is 35.5. The molecule has 0 aliphatic rings. The molecule has 0 saturated heterocycles. The van der Waals surface area contributed by atoms with Crippen molar-refractivity contribution in [3.63, 3.8) is 0 Å². The SMILES string of the molecule is CCN(C)C(=O)CNCc1c(F)cccc1Cl. The van der Waals surface area contributed by atoms with Gasteiger partial charge in [0.15, 0.2) is 0 Å². The Balaban J connectivity index is 2.49. The minimum atomic E-state index is -0.360. The summed E-state index contributed by atoms with van der Waals surface area (Å²) in [5.74, 6) is -0.388. The quantitative estimate of drug-likeness (QED) is 0.877. The van der Waals surface area contributed by atoms with Crippen molar-refractivity contribution in [2.75, 3.05) is 20.1 Å². The maximum Gasteiger partial charge on any atom is 0.236 e. The number of likely N-dealkylation sites (N-methyl/N-ethyl adjacent to an activating group) is 1. The Labute approximate surface area is 106 Å². The molecule has 1 amide bonds. The second-order valence-corrected chi connectivity index (χ2v) is 4.12. The smallest absolute Gasteiger partial charge is 0.236 e. The monoisotopic (exact) mass is 258 g/mol. The molecular formula is C12H16ClFN2O. The maximum absolute atomic E-state index is 13.4. The van der Waals surface area contributed by atoms with Gasteiger partial charge in [0.25, 0.3) is 0 Å². The van der Waals surface area contributed by atoms with E-state index in [0.717, 1.165) is 0 Å². The first kappa shape index (κ1) is 13.9. The fourth-order valence-electron chi connectivity index (χ4n) is 1.31. The highest BCUT2D eigenvalue weighted by Gasteiger charge is 2.09. The first-order valence-corrected chi connectivity index (χ1v) is 5.81. The van der Waals surface area contributed by atoms with Crippen molar-refractivity contribution in [1.29, 1.82) is 0 Å². The van der Waals surface area contributed by atoms with Gasteiger partial charge in [-0.2, -0.15) is 0 Å². The highest BCUT2D eigenvalue weighted by molar-refractivity contribution is 6.31. The zero-order valence-corrected chi connectivity index (χ0v) is 10.7. The number of carbonyl (C=O) groups is 1. The van der Waals surface area contributed by atoms with Crippen LogP contribution in [0.4, 0.5) is 4.39 Å². The summed E-state index contributed by atoms with van der Waals surface area (Å²) < 4.78 is 13.4. The van der Waals surface area contributed by atoms with Crippen LogP contribution >= 0.6 is 11.6 Å². The average molecular weight is 259 g/mol. The number of hydrogen-bond acceptors (Lipinski definition) is 2. The van der Waals surface area contributed by atoms with Gasteiger partial charge < -0.3 is 10.2 Å². The predicted molar refractivity (Wildman–Crippen MR) is 66.4 cm³/mol. The van der Waals surface area contributed by atoms with E-state index in [1.807, 2.05) is 6.92 Å². The molecular weight excluding hydrogens is 243 g/mol. The molecule has 0 aliphatic heterocycles. The number of nitrogens with one attached hydrogen (secondary N) is 1. The molecule has 0 spiro atoms. The Morgan fingerprint density at radius 3 is 2.82 bits per heavy atom. The normalized spacial score (nSPS) is 10.4. The van der Waals surface area contributed by atoms with Gasteiger partial charge in [-0.1, -0.05) is 17.7 Å². The zero-order valence-electron chi connectivity index (χ0n) is 9.96. The third-order valence-electron chi connectivity index (χ3n) is 2.54. The van der Waals surface area contributed by atoms with Crippen LogP contribution < -0.4 is 5.32 Å². The summed E-state index contributed by atoms with van der Waals surface area (Å²) in [5.41, 5.74) is 0.390. The topological polar surface area (TPSA) is 32.3 Å². The Kier molecular flexibility index (Phi) is 5.38. The van der Waals surface area contributed by atoms with Crippen LogP contribution in [0.2, 0.25) is 5.02 Å². The molecule has 1 rings (SSSR count). The Morgan fingerprint density at radius 2 is 2.24 bits per heavy atom. The molecule has 0 aliphatic carbocycles. The number of benzene rings is 1. The summed E-state index contributed by atoms with van der Waals surface area (Å²) in [6.45, 7) is 2.97. The predicted octanol–water partition coefficient (Wildman–Crippen LogP) is 2.05. The Hall–Kier alpha value is -1.13. The van der Waals surface area contributed by atoms with E-state index in [-0.39, 0.29) is 24.8 Å². The van der Waals surface area contributed by atoms with Gasteiger partial charge in [-0.05, 0) is 19.1 Å². The second-order valence-electron chi connectivity index (χ2n) is 3.71. The van der Waals surface area contributed by atoms with Crippen LogP contribution in [0.3, 0.4) is 0 Å². The number of amides is 1. The lowest BCUT2D eigenvalue weighted by atomic mass is 10.2. The molecule has 3 nitrogen and oxygen atoms in total. The van der Waals surface area contributed by atoms with E-state index in [1.54, 1.807) is 24.1 Å². The standard InChI is InChI=1S/C12H16ClFN2O/c1-3-16(2)12(17)8-15-7-9-10(13)5-4-6-11(9)14/h4-6,15H,3,7-8H2,1-2H3. The molecule has 0 atom stereocenters. The zero-order chi connectivity index (χ0) is 12.8. The van der Waals surface area contributed by atoms with Crippen molar-refractivity contribution in [2.45, 2.75) is 13.5 Å². The molecule has 0 radical (unpaired) electrons. The van der Waals surface area contributed by atoms with E-state index in [2.05, 4.69) is 5.32 Å². The van der Waals surface area contributed by atoms with Gasteiger partial charge in [0.05, 0.1) is 6.54 Å². The maximum atomic E-state index is 13.4. The van der Waals surface area contributed by atoms with Crippen LogP contribution in [0.25, 0.3) is 0 Å². The highest BCUT2D eigenvalue weighted by Crippen LogP contribution is 2.18. The van der Waals surface area contributed by atoms with Crippen LogP contribution in [0.15, 0.2) is 18.2 Å². The second kappa shape index (κ2) is 6.57. The number of nitrogens with zero attached hydrogens (tertiary/aromatic N) is 1. The van der Waals surface area contributed by atoms with Gasteiger partial charge in [-0.3, -0.25) is 4.79 Å². The third-order valence-corrected chi connectivity index (χ3v) is 2.89. The summed E-state index contributed by atoms with van der Waals surface area (Å²) in [4.78, 5) is 13.1. The van der Waals surface area contributed by atoms with E-state index in [1.165, 1.54) is 6.07 Å². The number of rotatable bonds is 5. The van der Waals surface area contributed by atoms with Crippen LogP contribution in [-0.2, 0) is 11.3 Å². The Bertz CT molecular complexity index is 378. The fraction of sp³-hybridized carbons (Fsp3) is 0.417. The first-order valence-electron chi connectivity index (χ1n) is 5.43. The van der Waals surface area contributed by atoms with Crippen molar-refractivity contribution in [1.82, 2.24) is 10.2 Å². The summed E-state index contributed by atoms with van der Waals surface area (Å²) in [7, 11) is 1.72. The van der Waals surface area contributed by atoms with Crippen molar-refractivity contribution < 1.29 is 9.18 Å². The number of carbonyl (C=O) groups excluding carboxylic acids is 1. The van der Waals surface area contributed by atoms with E-state index < -0.39 is 0 Å². The van der Waals surface area contributed by atoms with Gasteiger partial charge >= 0.3 is 0 Å². The van der Waals surface area contributed by atoms with E-state index in [0.29, 0.717) is 17.1 Å². The average Bonchev–Trinajstić information content (AvgIpc) is 2.31. The van der Waals surface area contributed by atoms with Crippen LogP contribution in [0.1, 0.15) is 12.5 Å². The van der Waals surface area contributed by atoms with Crippen molar-refractivity contribution in [3.8, 4) is 0 Å². The molecule has 5 heteroatoms. The molecule has 94 valence electrons. The largest absolute Gasteiger partial charge is 0.345 e. The summed E-state index contributed by atoms with van der Waals surface area (Å²) in [5, 5.41) is 3.25. The van der Waals surface area contributed by atoms with E-state index in [4.69, 9.17) is 11.6 Å². The number of hydrogen-bond donors (Lipinski definition) is 1. The van der Waals surface area contributed by atoms with E-state index >= 15 is 0 Å². The molecule has 1 N–H and O–H groups in total. The molecule has 0 unspecified atom stereocenters. The molecule has 0 fully saturated rings. The molecule has 17 heavy (non-hydrogen) atoms. The van der Waals surface area contributed by atoms with Crippen LogP contribution in [0, 0.1) is 5.82 Å². The lowest BCUT2D eigenvalue weighted by molar-refractivity contribution is -0.128. The van der Waals surface area contributed by atoms with Crippen LogP contribution in [0.5, 0.6) is 0 Å². The van der Waals surface area contributed by atoms with Gasteiger partial charge in [0.2, 0.25) is 5.91 Å². The van der Waals surface area contributed by atoms with Crippen molar-refractivity contribution >= 4 is 17.5 Å². The first-order chi connectivity index (χ1) is 8.06. The van der Waals surface area contributed by atoms with Crippen molar-refractivity contribution in [3.05, 3.63) is 34.6 Å². The minimum Gasteiger partial charge on any atom is -0.345 e. The van der Waals surface area contributed by atoms with Gasteiger partial charge in [0, 0.05) is 30.7 Å². The number of halogens is 2. The molecule has 1 aromatic carbocycles. The lowest BCUT2D eigenvalue weighted by Gasteiger charge is -2.15. The van der Waals surface area contributed by atoms with Crippen molar-refractivity contribution in [2.24, 2.45) is 0 Å². The molecule has 0 bridgehead atoms. The molecule has 0 saturated carbocycles. The summed E-state index contributed by atoms with van der Waals surface area (Å²) in [6, 6.07) is 4.53. The fourth-order valence-corrected chi connectivity index (χ4v) is 1.54. The Morgan fingerprint density at radius 1 is 1.53 bits per heavy atom. The lowest BCUT2D eigenvalue weighted by Crippen LogP contribution is -2.35.